The van der Waals surface area contributed by atoms with Crippen LogP contribution in [0.1, 0.15) is 16.7 Å². The number of hydrogen-bond acceptors (Lipinski definition) is 15. The topological polar surface area (TPSA) is 155 Å². The number of anilines is 3. The van der Waals surface area contributed by atoms with Crippen molar-refractivity contribution in [2.75, 3.05) is 17.2 Å². The summed E-state index contributed by atoms with van der Waals surface area (Å²) < 4.78 is 0. The summed E-state index contributed by atoms with van der Waals surface area (Å²) in [6.07, 6.45) is 5.01. The molecule has 4 aromatic rings. The molecular formula is C21H21N9S6. The molecule has 0 aliphatic rings. The lowest BCUT2D eigenvalue weighted by Crippen LogP contribution is -1.93. The second kappa shape index (κ2) is 14.0. The third-order valence-corrected chi connectivity index (χ3v) is 10.4. The maximum absolute atomic E-state index is 5.76. The first-order valence-corrected chi connectivity index (χ1v) is 17.2. The summed E-state index contributed by atoms with van der Waals surface area (Å²) in [7, 11) is 9.56. The van der Waals surface area contributed by atoms with E-state index in [9.17, 15) is 0 Å². The van der Waals surface area contributed by atoms with Crippen LogP contribution < -0.4 is 17.2 Å². The van der Waals surface area contributed by atoms with Crippen LogP contribution in [0.25, 0.3) is 0 Å². The van der Waals surface area contributed by atoms with Crippen LogP contribution in [0, 0.1) is 0 Å². The van der Waals surface area contributed by atoms with Gasteiger partial charge < -0.3 is 17.2 Å². The predicted molar refractivity (Wildman–Crippen MR) is 157 cm³/mol. The maximum atomic E-state index is 5.76. The number of rotatable bonds is 12. The molecular weight excluding hydrogens is 571 g/mol. The van der Waals surface area contributed by atoms with Crippen LogP contribution in [0.4, 0.5) is 17.5 Å². The molecule has 0 aliphatic carbocycles. The fourth-order valence-electron chi connectivity index (χ4n) is 2.72. The molecule has 0 radical (unpaired) electrons. The summed E-state index contributed by atoms with van der Waals surface area (Å²) in [5, 5.41) is 1.96. The summed E-state index contributed by atoms with van der Waals surface area (Å²) in [6, 6.07) is 11.7. The lowest BCUT2D eigenvalue weighted by molar-refractivity contribution is 0.982. The van der Waals surface area contributed by atoms with E-state index in [-0.39, 0.29) is 0 Å². The molecule has 0 spiro atoms. The molecule has 0 amide bonds. The SMILES string of the molecule is Nc1ccnc(SSCc2cc(CSSc3nccc(N)n3)cc(CSSc3nccc(N)n3)c2)n1. The predicted octanol–water partition coefficient (Wildman–Crippen LogP) is 5.62. The highest BCUT2D eigenvalue weighted by Gasteiger charge is 2.08. The molecule has 0 atom stereocenters. The Hall–Kier alpha value is -2.04. The number of nitrogens with zero attached hydrogens (tertiary/aromatic N) is 6. The van der Waals surface area contributed by atoms with Crippen molar-refractivity contribution in [1.82, 2.24) is 29.9 Å². The molecule has 0 saturated carbocycles. The van der Waals surface area contributed by atoms with Gasteiger partial charge in [-0.3, -0.25) is 0 Å². The average Bonchev–Trinajstić information content (AvgIpc) is 2.84. The Morgan fingerprint density at radius 1 is 0.500 bits per heavy atom. The van der Waals surface area contributed by atoms with Crippen molar-refractivity contribution in [3.05, 3.63) is 71.7 Å². The van der Waals surface area contributed by atoms with E-state index in [0.29, 0.717) is 32.9 Å². The summed E-state index contributed by atoms with van der Waals surface area (Å²) in [5.74, 6) is 3.81. The minimum absolute atomic E-state index is 0.467. The van der Waals surface area contributed by atoms with Crippen LogP contribution in [0.3, 0.4) is 0 Å². The van der Waals surface area contributed by atoms with Crippen molar-refractivity contribution in [3.8, 4) is 0 Å². The van der Waals surface area contributed by atoms with Gasteiger partial charge in [-0.05, 0) is 67.3 Å². The zero-order valence-corrected chi connectivity index (χ0v) is 23.6. The second-order valence-electron chi connectivity index (χ2n) is 6.99. The van der Waals surface area contributed by atoms with Crippen molar-refractivity contribution in [3.63, 3.8) is 0 Å². The molecule has 9 nitrogen and oxygen atoms in total. The number of aromatic nitrogens is 6. The highest BCUT2D eigenvalue weighted by Crippen LogP contribution is 2.36. The highest BCUT2D eigenvalue weighted by atomic mass is 33.1. The summed E-state index contributed by atoms with van der Waals surface area (Å²) in [6.45, 7) is 0. The van der Waals surface area contributed by atoms with Gasteiger partial charge in [-0.2, -0.15) is 0 Å². The third-order valence-electron chi connectivity index (χ3n) is 4.15. The van der Waals surface area contributed by atoms with Crippen LogP contribution in [-0.2, 0) is 17.3 Å². The van der Waals surface area contributed by atoms with E-state index in [0.717, 1.165) is 17.3 Å². The van der Waals surface area contributed by atoms with E-state index in [2.05, 4.69) is 48.1 Å². The molecule has 3 aromatic heterocycles. The monoisotopic (exact) mass is 591 g/mol. The standard InChI is InChI=1S/C21H21N9S6/c22-16-1-4-25-19(28-16)34-31-10-13-7-14(11-32-35-20-26-5-2-17(23)29-20)9-15(8-13)12-33-36-21-27-6-3-18(24)30-21/h1-9H,10-12H2,(H2,22,25,28)(H2,23,26,29)(H2,24,27,30). The van der Waals surface area contributed by atoms with Gasteiger partial charge in [-0.1, -0.05) is 50.6 Å². The zero-order valence-electron chi connectivity index (χ0n) is 18.7. The Kier molecular flexibility index (Phi) is 10.5. The van der Waals surface area contributed by atoms with Crippen molar-refractivity contribution < 1.29 is 0 Å². The zero-order chi connectivity index (χ0) is 25.2. The van der Waals surface area contributed by atoms with Crippen LogP contribution in [0.15, 0.2) is 70.5 Å². The van der Waals surface area contributed by atoms with E-state index in [1.807, 2.05) is 0 Å². The molecule has 0 bridgehead atoms. The van der Waals surface area contributed by atoms with Gasteiger partial charge in [0.2, 0.25) is 0 Å². The fraction of sp³-hybridized carbons (Fsp3) is 0.143. The maximum Gasteiger partial charge on any atom is 0.200 e. The average molecular weight is 592 g/mol. The Bertz CT molecular complexity index is 1130. The molecule has 0 fully saturated rings. The molecule has 1 aromatic carbocycles. The van der Waals surface area contributed by atoms with Gasteiger partial charge in [-0.15, -0.1) is 0 Å². The van der Waals surface area contributed by atoms with E-state index in [4.69, 9.17) is 17.2 Å². The number of nitrogen functional groups attached to an aromatic ring is 3. The minimum atomic E-state index is 0.467. The number of nitrogens with two attached hydrogens (primary N) is 3. The van der Waals surface area contributed by atoms with Crippen molar-refractivity contribution >= 4 is 82.2 Å². The molecule has 3 heterocycles. The molecule has 4 rings (SSSR count). The molecule has 6 N–H and O–H groups in total. The lowest BCUT2D eigenvalue weighted by atomic mass is 10.1. The van der Waals surface area contributed by atoms with Gasteiger partial charge in [0.05, 0.1) is 0 Å². The Morgan fingerprint density at radius 2 is 0.806 bits per heavy atom. The normalized spacial score (nSPS) is 11.0. The van der Waals surface area contributed by atoms with Gasteiger partial charge in [0, 0.05) is 35.8 Å². The Balaban J connectivity index is 1.39. The highest BCUT2D eigenvalue weighted by molar-refractivity contribution is 8.76. The van der Waals surface area contributed by atoms with Gasteiger partial charge in [0.15, 0.2) is 15.5 Å². The first kappa shape index (κ1) is 27.0. The van der Waals surface area contributed by atoms with Crippen molar-refractivity contribution in [1.29, 1.82) is 0 Å². The third kappa shape index (κ3) is 9.12. The minimum Gasteiger partial charge on any atom is -0.384 e. The van der Waals surface area contributed by atoms with Crippen molar-refractivity contribution in [2.24, 2.45) is 0 Å². The molecule has 186 valence electrons. The largest absolute Gasteiger partial charge is 0.384 e. The van der Waals surface area contributed by atoms with E-state index >= 15 is 0 Å². The van der Waals surface area contributed by atoms with Crippen LogP contribution >= 0.6 is 64.8 Å². The fourth-order valence-corrected chi connectivity index (χ4v) is 8.29. The summed E-state index contributed by atoms with van der Waals surface area (Å²) in [5.41, 5.74) is 21.0. The van der Waals surface area contributed by atoms with Gasteiger partial charge >= 0.3 is 0 Å². The Morgan fingerprint density at radius 3 is 1.08 bits per heavy atom. The Labute approximate surface area is 232 Å². The quantitative estimate of drug-likeness (QED) is 0.138. The van der Waals surface area contributed by atoms with Crippen LogP contribution in [0.2, 0.25) is 0 Å². The second-order valence-corrected chi connectivity index (χ2v) is 13.8. The van der Waals surface area contributed by atoms with Crippen LogP contribution in [0.5, 0.6) is 0 Å². The first-order chi connectivity index (χ1) is 17.5. The van der Waals surface area contributed by atoms with Crippen LogP contribution in [-0.4, -0.2) is 29.9 Å². The van der Waals surface area contributed by atoms with Gasteiger partial charge in [0.25, 0.3) is 0 Å². The lowest BCUT2D eigenvalue weighted by Gasteiger charge is -2.10. The molecule has 36 heavy (non-hydrogen) atoms. The first-order valence-electron chi connectivity index (χ1n) is 10.3. The number of benzene rings is 1. The van der Waals surface area contributed by atoms with Crippen molar-refractivity contribution in [2.45, 2.75) is 32.7 Å². The summed E-state index contributed by atoms with van der Waals surface area (Å²) >= 11 is 0. The smallest absolute Gasteiger partial charge is 0.200 e. The van der Waals surface area contributed by atoms with Gasteiger partial charge in [0.1, 0.15) is 17.5 Å². The molecule has 0 unspecified atom stereocenters. The van der Waals surface area contributed by atoms with E-state index in [1.54, 1.807) is 69.2 Å². The number of hydrogen-bond donors (Lipinski definition) is 3. The van der Waals surface area contributed by atoms with E-state index in [1.165, 1.54) is 49.1 Å². The molecule has 15 heteroatoms. The molecule has 0 aliphatic heterocycles. The summed E-state index contributed by atoms with van der Waals surface area (Å²) in [4.78, 5) is 25.5. The van der Waals surface area contributed by atoms with Gasteiger partial charge in [-0.25, -0.2) is 29.9 Å². The van der Waals surface area contributed by atoms with E-state index < -0.39 is 0 Å². The molecule has 0 saturated heterocycles.